The summed E-state index contributed by atoms with van der Waals surface area (Å²) in [6.45, 7) is 2.45. The van der Waals surface area contributed by atoms with Gasteiger partial charge in [-0.15, -0.1) is 0 Å². The van der Waals surface area contributed by atoms with Crippen molar-refractivity contribution in [2.24, 2.45) is 0 Å². The topological polar surface area (TPSA) is 62.0 Å². The largest absolute Gasteiger partial charge is 0.361 e. The summed E-state index contributed by atoms with van der Waals surface area (Å²) in [4.78, 5) is 3.57. The number of sulfonamides is 1. The highest BCUT2D eigenvalue weighted by Gasteiger charge is 2.46. The monoisotopic (exact) mass is 388 g/mol. The van der Waals surface area contributed by atoms with E-state index in [-0.39, 0.29) is 5.41 Å². The van der Waals surface area contributed by atoms with E-state index in [1.807, 2.05) is 43.5 Å². The van der Waals surface area contributed by atoms with E-state index in [1.54, 1.807) is 12.1 Å². The van der Waals surface area contributed by atoms with E-state index in [2.05, 4.69) is 9.71 Å². The summed E-state index contributed by atoms with van der Waals surface area (Å²) in [7, 11) is -3.51. The first kappa shape index (κ1) is 17.6. The molecule has 0 atom stereocenters. The minimum absolute atomic E-state index is 0.136. The fourth-order valence-corrected chi connectivity index (χ4v) is 4.75. The number of hydrogen-bond donors (Lipinski definition) is 2. The molecule has 0 saturated heterocycles. The maximum absolute atomic E-state index is 12.6. The van der Waals surface area contributed by atoms with Crippen molar-refractivity contribution in [3.8, 4) is 0 Å². The molecule has 4 nitrogen and oxygen atoms in total. The van der Waals surface area contributed by atoms with E-state index in [4.69, 9.17) is 11.6 Å². The van der Waals surface area contributed by atoms with E-state index in [9.17, 15) is 8.42 Å². The number of halogens is 1. The lowest BCUT2D eigenvalue weighted by Gasteiger charge is -2.16. The molecule has 3 aromatic rings. The van der Waals surface area contributed by atoms with E-state index >= 15 is 0 Å². The lowest BCUT2D eigenvalue weighted by molar-refractivity contribution is 0.567. The van der Waals surface area contributed by atoms with Crippen LogP contribution in [0.2, 0.25) is 5.02 Å². The smallest absolute Gasteiger partial charge is 0.240 e. The van der Waals surface area contributed by atoms with Crippen molar-refractivity contribution in [3.63, 3.8) is 0 Å². The molecule has 4 rings (SSSR count). The van der Waals surface area contributed by atoms with Gasteiger partial charge in [-0.2, -0.15) is 0 Å². The Morgan fingerprint density at radius 3 is 2.54 bits per heavy atom. The molecule has 1 fully saturated rings. The third-order valence-corrected chi connectivity index (χ3v) is 6.96. The molecule has 0 aliphatic heterocycles. The first-order valence-electron chi connectivity index (χ1n) is 8.79. The van der Waals surface area contributed by atoms with Crippen LogP contribution in [0.3, 0.4) is 0 Å². The summed E-state index contributed by atoms with van der Waals surface area (Å²) < 4.78 is 28.1. The predicted octanol–water partition coefficient (Wildman–Crippen LogP) is 4.39. The van der Waals surface area contributed by atoms with Gasteiger partial charge in [0.15, 0.2) is 0 Å². The fourth-order valence-electron chi connectivity index (χ4n) is 3.45. The number of aryl methyl sites for hydroxylation is 1. The molecule has 0 radical (unpaired) electrons. The van der Waals surface area contributed by atoms with Gasteiger partial charge in [0.2, 0.25) is 10.0 Å². The average Bonchev–Trinajstić information content (AvgIpc) is 3.32. The maximum Gasteiger partial charge on any atom is 0.240 e. The summed E-state index contributed by atoms with van der Waals surface area (Å²) in [5.41, 5.74) is 3.13. The quantitative estimate of drug-likeness (QED) is 0.657. The Labute approximate surface area is 158 Å². The van der Waals surface area contributed by atoms with E-state index in [0.29, 0.717) is 16.5 Å². The molecule has 1 heterocycles. The van der Waals surface area contributed by atoms with Crippen molar-refractivity contribution >= 4 is 32.5 Å². The van der Waals surface area contributed by atoms with Gasteiger partial charge in [0.25, 0.3) is 0 Å². The van der Waals surface area contributed by atoms with Gasteiger partial charge in [-0.1, -0.05) is 36.7 Å². The number of nitrogens with one attached hydrogen (secondary N) is 2. The van der Waals surface area contributed by atoms with E-state index in [1.165, 1.54) is 0 Å². The number of hydrogen-bond acceptors (Lipinski definition) is 2. The van der Waals surface area contributed by atoms with Crippen molar-refractivity contribution in [2.45, 2.75) is 36.5 Å². The molecule has 1 saturated carbocycles. The lowest BCUT2D eigenvalue weighted by Crippen LogP contribution is -2.32. The number of fused-ring (bicyclic) bond motifs is 1. The lowest BCUT2D eigenvalue weighted by atomic mass is 9.96. The molecule has 1 aliphatic carbocycles. The number of aromatic nitrogens is 1. The number of H-pyrrole nitrogens is 1. The molecule has 2 aromatic carbocycles. The van der Waals surface area contributed by atoms with Gasteiger partial charge in [-0.05, 0) is 54.7 Å². The van der Waals surface area contributed by atoms with Crippen molar-refractivity contribution < 1.29 is 8.42 Å². The van der Waals surface area contributed by atoms with Crippen LogP contribution in [0.4, 0.5) is 0 Å². The second-order valence-electron chi connectivity index (χ2n) is 6.99. The first-order valence-corrected chi connectivity index (χ1v) is 10.7. The van der Waals surface area contributed by atoms with E-state index in [0.717, 1.165) is 41.3 Å². The van der Waals surface area contributed by atoms with Crippen LogP contribution in [-0.2, 0) is 21.9 Å². The van der Waals surface area contributed by atoms with Gasteiger partial charge in [0.1, 0.15) is 0 Å². The standard InChI is InChI=1S/C20H21ClN2O2S/c1-2-14-3-6-16(7-4-14)26(24,25)23-13-20(9-10-20)18-12-22-19-11-15(21)5-8-17(18)19/h3-8,11-12,22-23H,2,9-10,13H2,1H3. The molecule has 1 aromatic heterocycles. The van der Waals surface area contributed by atoms with Gasteiger partial charge in [-0.25, -0.2) is 13.1 Å². The molecular formula is C20H21ClN2O2S. The van der Waals surface area contributed by atoms with Crippen LogP contribution < -0.4 is 4.72 Å². The third kappa shape index (κ3) is 3.15. The molecule has 1 aliphatic rings. The highest BCUT2D eigenvalue weighted by molar-refractivity contribution is 7.89. The Morgan fingerprint density at radius 2 is 1.88 bits per heavy atom. The Hall–Kier alpha value is -1.82. The second kappa shape index (κ2) is 6.41. The molecule has 136 valence electrons. The van der Waals surface area contributed by atoms with Crippen molar-refractivity contribution in [1.29, 1.82) is 0 Å². The third-order valence-electron chi connectivity index (χ3n) is 5.31. The minimum Gasteiger partial charge on any atom is -0.361 e. The highest BCUT2D eigenvalue weighted by Crippen LogP contribution is 2.50. The zero-order valence-electron chi connectivity index (χ0n) is 14.5. The summed E-state index contributed by atoms with van der Waals surface area (Å²) in [5.74, 6) is 0. The van der Waals surface area contributed by atoms with Crippen molar-refractivity contribution in [1.82, 2.24) is 9.71 Å². The molecule has 6 heteroatoms. The Balaban J connectivity index is 1.56. The summed E-state index contributed by atoms with van der Waals surface area (Å²) in [6.07, 6.45) is 4.82. The highest BCUT2D eigenvalue weighted by atomic mass is 35.5. The molecule has 26 heavy (non-hydrogen) atoms. The minimum atomic E-state index is -3.51. The van der Waals surface area contributed by atoms with Crippen molar-refractivity contribution in [2.75, 3.05) is 6.54 Å². The van der Waals surface area contributed by atoms with Gasteiger partial charge in [0, 0.05) is 34.1 Å². The summed E-state index contributed by atoms with van der Waals surface area (Å²) >= 11 is 6.06. The van der Waals surface area contributed by atoms with Gasteiger partial charge >= 0.3 is 0 Å². The van der Waals surface area contributed by atoms with E-state index < -0.39 is 10.0 Å². The van der Waals surface area contributed by atoms with Crippen LogP contribution in [0, 0.1) is 0 Å². The number of aromatic amines is 1. The molecule has 0 bridgehead atoms. The summed E-state index contributed by atoms with van der Waals surface area (Å²) in [5, 5.41) is 1.80. The average molecular weight is 389 g/mol. The first-order chi connectivity index (χ1) is 12.4. The Kier molecular flexibility index (Phi) is 4.34. The van der Waals surface area contributed by atoms with Crippen LogP contribution in [0.1, 0.15) is 30.9 Å². The summed E-state index contributed by atoms with van der Waals surface area (Å²) in [6, 6.07) is 12.9. The fraction of sp³-hybridized carbons (Fsp3) is 0.300. The van der Waals surface area contributed by atoms with Crippen LogP contribution in [0.15, 0.2) is 53.6 Å². The van der Waals surface area contributed by atoms with Crippen LogP contribution in [0.25, 0.3) is 10.9 Å². The number of benzene rings is 2. The number of rotatable bonds is 6. The maximum atomic E-state index is 12.6. The van der Waals surface area contributed by atoms with Gasteiger partial charge in [0.05, 0.1) is 4.90 Å². The molecule has 0 spiro atoms. The zero-order valence-corrected chi connectivity index (χ0v) is 16.1. The Bertz CT molecular complexity index is 1050. The Morgan fingerprint density at radius 1 is 1.15 bits per heavy atom. The normalized spacial score (nSPS) is 16.1. The van der Waals surface area contributed by atoms with Gasteiger partial charge in [-0.3, -0.25) is 0 Å². The SMILES string of the molecule is CCc1ccc(S(=O)(=O)NCC2(c3c[nH]c4cc(Cl)ccc34)CC2)cc1. The van der Waals surface area contributed by atoms with Crippen LogP contribution >= 0.6 is 11.6 Å². The van der Waals surface area contributed by atoms with Crippen LogP contribution in [-0.4, -0.2) is 19.9 Å². The predicted molar refractivity (Wildman–Crippen MR) is 105 cm³/mol. The zero-order chi connectivity index (χ0) is 18.4. The van der Waals surface area contributed by atoms with Crippen molar-refractivity contribution in [3.05, 3.63) is 64.8 Å². The molecule has 2 N–H and O–H groups in total. The van der Waals surface area contributed by atoms with Crippen LogP contribution in [0.5, 0.6) is 0 Å². The second-order valence-corrected chi connectivity index (χ2v) is 9.20. The molecule has 0 unspecified atom stereocenters. The van der Waals surface area contributed by atoms with Gasteiger partial charge < -0.3 is 4.98 Å². The molecular weight excluding hydrogens is 368 g/mol. The molecule has 0 amide bonds.